The predicted molar refractivity (Wildman–Crippen MR) is 63.0 cm³/mol. The molecule has 5 nitrogen and oxygen atoms in total. The standard InChI is InChI=1S/C10H20N2O3S/c1-10(2,3)7-11-9(13)12-8-4-5-16(14,15)6-8/h8H,4-7H2,1-3H3,(H2,11,12,13). The first kappa shape index (κ1) is 13.3. The van der Waals surface area contributed by atoms with Crippen LogP contribution in [0.25, 0.3) is 0 Å². The van der Waals surface area contributed by atoms with Crippen molar-refractivity contribution in [2.45, 2.75) is 33.2 Å². The molecular weight excluding hydrogens is 228 g/mol. The van der Waals surface area contributed by atoms with E-state index in [9.17, 15) is 13.2 Å². The van der Waals surface area contributed by atoms with Crippen molar-refractivity contribution in [2.24, 2.45) is 5.41 Å². The highest BCUT2D eigenvalue weighted by atomic mass is 32.2. The van der Waals surface area contributed by atoms with Gasteiger partial charge in [0.25, 0.3) is 0 Å². The predicted octanol–water partition coefficient (Wildman–Crippen LogP) is 0.519. The van der Waals surface area contributed by atoms with Crippen molar-refractivity contribution < 1.29 is 13.2 Å². The lowest BCUT2D eigenvalue weighted by molar-refractivity contribution is 0.232. The molecule has 0 saturated carbocycles. The first-order valence-electron chi connectivity index (χ1n) is 5.43. The number of carbonyl (C=O) groups excluding carboxylic acids is 1. The molecule has 16 heavy (non-hydrogen) atoms. The molecule has 6 heteroatoms. The zero-order valence-electron chi connectivity index (χ0n) is 10.0. The van der Waals surface area contributed by atoms with Crippen LogP contribution in [0.2, 0.25) is 0 Å². The van der Waals surface area contributed by atoms with Gasteiger partial charge in [-0.15, -0.1) is 0 Å². The first-order valence-corrected chi connectivity index (χ1v) is 7.25. The molecule has 0 aromatic heterocycles. The highest BCUT2D eigenvalue weighted by Crippen LogP contribution is 2.12. The second-order valence-electron chi connectivity index (χ2n) is 5.49. The van der Waals surface area contributed by atoms with Crippen molar-refractivity contribution in [1.82, 2.24) is 10.6 Å². The van der Waals surface area contributed by atoms with Crippen LogP contribution >= 0.6 is 0 Å². The van der Waals surface area contributed by atoms with Gasteiger partial charge in [0.05, 0.1) is 11.5 Å². The van der Waals surface area contributed by atoms with E-state index in [4.69, 9.17) is 0 Å². The molecule has 0 spiro atoms. The Balaban J connectivity index is 2.31. The monoisotopic (exact) mass is 248 g/mol. The van der Waals surface area contributed by atoms with Crippen LogP contribution in [0.5, 0.6) is 0 Å². The summed E-state index contributed by atoms with van der Waals surface area (Å²) >= 11 is 0. The molecule has 0 bridgehead atoms. The van der Waals surface area contributed by atoms with Gasteiger partial charge >= 0.3 is 6.03 Å². The SMILES string of the molecule is CC(C)(C)CNC(=O)NC1CCS(=O)(=O)C1. The Bertz CT molecular complexity index is 357. The Morgan fingerprint density at radius 1 is 1.38 bits per heavy atom. The van der Waals surface area contributed by atoms with Crippen LogP contribution in [-0.4, -0.2) is 38.5 Å². The fraction of sp³-hybridized carbons (Fsp3) is 0.900. The third-order valence-corrected chi connectivity index (χ3v) is 4.11. The number of rotatable bonds is 2. The van der Waals surface area contributed by atoms with Crippen LogP contribution in [0.1, 0.15) is 27.2 Å². The van der Waals surface area contributed by atoms with Crippen LogP contribution in [0.15, 0.2) is 0 Å². The van der Waals surface area contributed by atoms with Crippen LogP contribution in [0, 0.1) is 5.41 Å². The summed E-state index contributed by atoms with van der Waals surface area (Å²) in [5, 5.41) is 5.41. The Labute approximate surface area is 96.9 Å². The zero-order valence-corrected chi connectivity index (χ0v) is 10.9. The van der Waals surface area contributed by atoms with Crippen molar-refractivity contribution >= 4 is 15.9 Å². The fourth-order valence-electron chi connectivity index (χ4n) is 1.49. The lowest BCUT2D eigenvalue weighted by Gasteiger charge is -2.20. The molecule has 2 amide bonds. The van der Waals surface area contributed by atoms with Crippen molar-refractivity contribution in [3.63, 3.8) is 0 Å². The minimum atomic E-state index is -2.93. The molecule has 2 N–H and O–H groups in total. The Kier molecular flexibility index (Phi) is 3.83. The molecule has 0 aliphatic carbocycles. The molecule has 1 atom stereocenters. The van der Waals surface area contributed by atoms with Gasteiger partial charge in [-0.05, 0) is 11.8 Å². The molecule has 1 unspecified atom stereocenters. The van der Waals surface area contributed by atoms with E-state index in [2.05, 4.69) is 10.6 Å². The summed E-state index contributed by atoms with van der Waals surface area (Å²) in [5.41, 5.74) is 0.0269. The van der Waals surface area contributed by atoms with E-state index < -0.39 is 9.84 Å². The second kappa shape index (κ2) is 4.61. The normalized spacial score (nSPS) is 24.1. The molecule has 0 aromatic carbocycles. The van der Waals surface area contributed by atoms with Crippen LogP contribution in [0.3, 0.4) is 0 Å². The summed E-state index contributed by atoms with van der Waals surface area (Å²) in [6, 6.07) is -0.512. The summed E-state index contributed by atoms with van der Waals surface area (Å²) in [6.45, 7) is 6.63. The molecule has 94 valence electrons. The first-order chi connectivity index (χ1) is 7.18. The minimum Gasteiger partial charge on any atom is -0.338 e. The zero-order chi connectivity index (χ0) is 12.4. The summed E-state index contributed by atoms with van der Waals surface area (Å²) in [4.78, 5) is 11.4. The molecule has 1 aliphatic rings. The van der Waals surface area contributed by atoms with Gasteiger partial charge in [-0.2, -0.15) is 0 Å². The van der Waals surface area contributed by atoms with Gasteiger partial charge in [0.2, 0.25) is 0 Å². The lowest BCUT2D eigenvalue weighted by atomic mass is 9.97. The number of nitrogens with one attached hydrogen (secondary N) is 2. The van der Waals surface area contributed by atoms with Gasteiger partial charge in [-0.25, -0.2) is 13.2 Å². The third-order valence-electron chi connectivity index (χ3n) is 2.35. The smallest absolute Gasteiger partial charge is 0.315 e. The lowest BCUT2D eigenvalue weighted by Crippen LogP contribution is -2.45. The molecule has 1 heterocycles. The highest BCUT2D eigenvalue weighted by Gasteiger charge is 2.28. The average Bonchev–Trinajstić information content (AvgIpc) is 2.41. The highest BCUT2D eigenvalue weighted by molar-refractivity contribution is 7.91. The summed E-state index contributed by atoms with van der Waals surface area (Å²) in [7, 11) is -2.93. The third kappa shape index (κ3) is 4.83. The number of hydrogen-bond donors (Lipinski definition) is 2. The topological polar surface area (TPSA) is 75.3 Å². The van der Waals surface area contributed by atoms with Crippen LogP contribution in [-0.2, 0) is 9.84 Å². The van der Waals surface area contributed by atoms with E-state index in [1.54, 1.807) is 0 Å². The van der Waals surface area contributed by atoms with Gasteiger partial charge in [0, 0.05) is 12.6 Å². The van der Waals surface area contributed by atoms with Gasteiger partial charge in [-0.1, -0.05) is 20.8 Å². The van der Waals surface area contributed by atoms with Crippen LogP contribution < -0.4 is 10.6 Å². The van der Waals surface area contributed by atoms with Crippen molar-refractivity contribution in [1.29, 1.82) is 0 Å². The van der Waals surface area contributed by atoms with Gasteiger partial charge < -0.3 is 10.6 Å². The van der Waals surface area contributed by atoms with E-state index in [1.165, 1.54) is 0 Å². The Morgan fingerprint density at radius 2 is 2.00 bits per heavy atom. The maximum Gasteiger partial charge on any atom is 0.315 e. The Hall–Kier alpha value is -0.780. The summed E-state index contributed by atoms with van der Waals surface area (Å²) in [5.74, 6) is 0.243. The molecular formula is C10H20N2O3S. The van der Waals surface area contributed by atoms with E-state index in [1.807, 2.05) is 20.8 Å². The van der Waals surface area contributed by atoms with Crippen molar-refractivity contribution in [3.05, 3.63) is 0 Å². The molecule has 1 rings (SSSR count). The molecule has 1 aliphatic heterocycles. The van der Waals surface area contributed by atoms with E-state index in [0.29, 0.717) is 13.0 Å². The van der Waals surface area contributed by atoms with E-state index in [0.717, 1.165) is 0 Å². The number of sulfone groups is 1. The number of carbonyl (C=O) groups is 1. The van der Waals surface area contributed by atoms with Crippen LogP contribution in [0.4, 0.5) is 4.79 Å². The summed E-state index contributed by atoms with van der Waals surface area (Å²) < 4.78 is 22.3. The fourth-order valence-corrected chi connectivity index (χ4v) is 3.16. The van der Waals surface area contributed by atoms with Gasteiger partial charge in [-0.3, -0.25) is 0 Å². The summed E-state index contributed by atoms with van der Waals surface area (Å²) in [6.07, 6.45) is 0.519. The van der Waals surface area contributed by atoms with E-state index >= 15 is 0 Å². The quantitative estimate of drug-likeness (QED) is 0.748. The molecule has 0 aromatic rings. The van der Waals surface area contributed by atoms with Gasteiger partial charge in [0.15, 0.2) is 9.84 Å². The maximum absolute atomic E-state index is 11.4. The average molecular weight is 248 g/mol. The maximum atomic E-state index is 11.4. The largest absolute Gasteiger partial charge is 0.338 e. The van der Waals surface area contributed by atoms with Crippen molar-refractivity contribution in [3.8, 4) is 0 Å². The number of hydrogen-bond acceptors (Lipinski definition) is 3. The van der Waals surface area contributed by atoms with E-state index in [-0.39, 0.29) is 29.0 Å². The second-order valence-corrected chi connectivity index (χ2v) is 7.72. The molecule has 1 fully saturated rings. The van der Waals surface area contributed by atoms with Crippen molar-refractivity contribution in [2.75, 3.05) is 18.1 Å². The minimum absolute atomic E-state index is 0.0269. The number of urea groups is 1. The molecule has 1 saturated heterocycles. The Morgan fingerprint density at radius 3 is 2.44 bits per heavy atom. The molecule has 0 radical (unpaired) electrons. The number of amides is 2. The van der Waals surface area contributed by atoms with Gasteiger partial charge in [0.1, 0.15) is 0 Å².